The molecule has 1 aromatic rings. The third-order valence-electron chi connectivity index (χ3n) is 2.66. The zero-order valence-electron chi connectivity index (χ0n) is 12.0. The van der Waals surface area contributed by atoms with Gasteiger partial charge in [-0.25, -0.2) is 4.98 Å². The minimum atomic E-state index is -0.211. The molecule has 0 atom stereocenters. The second-order valence-electron chi connectivity index (χ2n) is 4.48. The summed E-state index contributed by atoms with van der Waals surface area (Å²) in [7, 11) is 3.20. The largest absolute Gasteiger partial charge is 0.383 e. The fourth-order valence-corrected chi connectivity index (χ4v) is 1.49. The molecule has 0 spiro atoms. The van der Waals surface area contributed by atoms with Crippen LogP contribution in [0.15, 0.2) is 0 Å². The number of carbonyl (C=O) groups is 1. The first-order chi connectivity index (χ1) is 9.10. The maximum Gasteiger partial charge on any atom is 0.293 e. The Hall–Kier alpha value is -1.47. The molecule has 1 rings (SSSR count). The first-order valence-electron chi connectivity index (χ1n) is 6.29. The van der Waals surface area contributed by atoms with Gasteiger partial charge in [0.15, 0.2) is 0 Å². The van der Waals surface area contributed by atoms with Crippen molar-refractivity contribution in [3.8, 4) is 0 Å². The average Bonchev–Trinajstić information content (AvgIpc) is 2.88. The monoisotopic (exact) mass is 270 g/mol. The van der Waals surface area contributed by atoms with Gasteiger partial charge < -0.3 is 14.4 Å². The molecule has 0 unspecified atom stereocenters. The topological polar surface area (TPSA) is 80.3 Å². The van der Waals surface area contributed by atoms with Crippen molar-refractivity contribution in [2.45, 2.75) is 19.8 Å². The lowest BCUT2D eigenvalue weighted by atomic mass is 10.2. The van der Waals surface area contributed by atoms with E-state index in [0.717, 1.165) is 0 Å². The maximum absolute atomic E-state index is 12.3. The number of H-pyrrole nitrogens is 1. The number of aromatic nitrogens is 3. The van der Waals surface area contributed by atoms with Crippen molar-refractivity contribution in [2.24, 2.45) is 0 Å². The van der Waals surface area contributed by atoms with Crippen molar-refractivity contribution in [1.82, 2.24) is 20.1 Å². The highest BCUT2D eigenvalue weighted by molar-refractivity contribution is 5.90. The molecule has 108 valence electrons. The molecule has 1 N–H and O–H groups in total. The standard InChI is InChI=1S/C12H22N4O3/c1-9(2)10-13-11(15-14-10)12(17)16(5-7-18-3)6-8-19-4/h9H,5-8H2,1-4H3,(H,13,14,15). The highest BCUT2D eigenvalue weighted by Crippen LogP contribution is 2.09. The number of ether oxygens (including phenoxy) is 2. The third kappa shape index (κ3) is 4.60. The Morgan fingerprint density at radius 1 is 1.26 bits per heavy atom. The summed E-state index contributed by atoms with van der Waals surface area (Å²) in [6.07, 6.45) is 0. The minimum absolute atomic E-state index is 0.191. The van der Waals surface area contributed by atoms with Crippen molar-refractivity contribution in [1.29, 1.82) is 0 Å². The van der Waals surface area contributed by atoms with Crippen LogP contribution in [0, 0.1) is 0 Å². The van der Waals surface area contributed by atoms with Gasteiger partial charge >= 0.3 is 0 Å². The van der Waals surface area contributed by atoms with Crippen molar-refractivity contribution in [3.05, 3.63) is 11.6 Å². The van der Waals surface area contributed by atoms with Gasteiger partial charge in [0.25, 0.3) is 5.91 Å². The number of methoxy groups -OCH3 is 2. The summed E-state index contributed by atoms with van der Waals surface area (Å²) in [4.78, 5) is 18.1. The number of hydrogen-bond acceptors (Lipinski definition) is 5. The molecule has 0 saturated heterocycles. The molecule has 1 amide bonds. The van der Waals surface area contributed by atoms with E-state index in [1.807, 2.05) is 13.8 Å². The van der Waals surface area contributed by atoms with Gasteiger partial charge in [0, 0.05) is 33.2 Å². The van der Waals surface area contributed by atoms with Gasteiger partial charge in [0.1, 0.15) is 5.82 Å². The lowest BCUT2D eigenvalue weighted by Crippen LogP contribution is -2.37. The molecule has 19 heavy (non-hydrogen) atoms. The summed E-state index contributed by atoms with van der Waals surface area (Å²) in [5, 5.41) is 6.75. The first-order valence-corrected chi connectivity index (χ1v) is 6.29. The van der Waals surface area contributed by atoms with Gasteiger partial charge in [-0.05, 0) is 0 Å². The van der Waals surface area contributed by atoms with Crippen molar-refractivity contribution >= 4 is 5.91 Å². The Bertz CT molecular complexity index is 384. The summed E-state index contributed by atoms with van der Waals surface area (Å²) >= 11 is 0. The van der Waals surface area contributed by atoms with Crippen molar-refractivity contribution < 1.29 is 14.3 Å². The zero-order chi connectivity index (χ0) is 14.3. The van der Waals surface area contributed by atoms with E-state index >= 15 is 0 Å². The van der Waals surface area contributed by atoms with Gasteiger partial charge in [-0.15, -0.1) is 5.10 Å². The fraction of sp³-hybridized carbons (Fsp3) is 0.750. The second kappa shape index (κ2) is 7.85. The van der Waals surface area contributed by atoms with Crippen LogP contribution < -0.4 is 0 Å². The Kier molecular flexibility index (Phi) is 6.44. The molecule has 0 bridgehead atoms. The normalized spacial score (nSPS) is 11.0. The lowest BCUT2D eigenvalue weighted by molar-refractivity contribution is 0.0616. The molecule has 0 fully saturated rings. The summed E-state index contributed by atoms with van der Waals surface area (Å²) in [6.45, 7) is 5.90. The van der Waals surface area contributed by atoms with E-state index < -0.39 is 0 Å². The van der Waals surface area contributed by atoms with Gasteiger partial charge in [-0.1, -0.05) is 13.8 Å². The van der Waals surface area contributed by atoms with Gasteiger partial charge in [0.2, 0.25) is 5.82 Å². The van der Waals surface area contributed by atoms with Crippen LogP contribution in [0.4, 0.5) is 0 Å². The van der Waals surface area contributed by atoms with Crippen LogP contribution in [-0.4, -0.2) is 66.5 Å². The molecule has 1 aromatic heterocycles. The molecule has 7 nitrogen and oxygen atoms in total. The van der Waals surface area contributed by atoms with Crippen LogP contribution in [0.25, 0.3) is 0 Å². The van der Waals surface area contributed by atoms with Crippen molar-refractivity contribution in [3.63, 3.8) is 0 Å². The zero-order valence-corrected chi connectivity index (χ0v) is 12.0. The average molecular weight is 270 g/mol. The summed E-state index contributed by atoms with van der Waals surface area (Å²) in [5.41, 5.74) is 0. The van der Waals surface area contributed by atoms with E-state index in [1.165, 1.54) is 0 Å². The number of carbonyl (C=O) groups excluding carboxylic acids is 1. The molecule has 1 heterocycles. The van der Waals surface area contributed by atoms with Gasteiger partial charge in [-0.2, -0.15) is 0 Å². The fourth-order valence-electron chi connectivity index (χ4n) is 1.49. The van der Waals surface area contributed by atoms with Gasteiger partial charge in [0.05, 0.1) is 13.2 Å². The highest BCUT2D eigenvalue weighted by Gasteiger charge is 2.20. The molecule has 0 aliphatic carbocycles. The number of amides is 1. The predicted octanol–water partition coefficient (Wildman–Crippen LogP) is 0.663. The van der Waals surface area contributed by atoms with Crippen LogP contribution >= 0.6 is 0 Å². The summed E-state index contributed by atoms with van der Waals surface area (Å²) < 4.78 is 10.00. The van der Waals surface area contributed by atoms with E-state index in [0.29, 0.717) is 32.1 Å². The van der Waals surface area contributed by atoms with E-state index in [2.05, 4.69) is 15.2 Å². The number of nitrogens with one attached hydrogen (secondary N) is 1. The Balaban J connectivity index is 2.72. The van der Waals surface area contributed by atoms with Crippen LogP contribution in [0.5, 0.6) is 0 Å². The molecular weight excluding hydrogens is 248 g/mol. The van der Waals surface area contributed by atoms with E-state index in [9.17, 15) is 4.79 Å². The number of hydrogen-bond donors (Lipinski definition) is 1. The number of aromatic amines is 1. The maximum atomic E-state index is 12.3. The third-order valence-corrected chi connectivity index (χ3v) is 2.66. The van der Waals surface area contributed by atoms with Crippen LogP contribution in [-0.2, 0) is 9.47 Å². The highest BCUT2D eigenvalue weighted by atomic mass is 16.5. The van der Waals surface area contributed by atoms with Crippen LogP contribution in [0.1, 0.15) is 36.2 Å². The lowest BCUT2D eigenvalue weighted by Gasteiger charge is -2.20. The molecular formula is C12H22N4O3. The Morgan fingerprint density at radius 3 is 2.26 bits per heavy atom. The molecule has 0 aliphatic rings. The molecule has 7 heteroatoms. The predicted molar refractivity (Wildman–Crippen MR) is 70.1 cm³/mol. The summed E-state index contributed by atoms with van der Waals surface area (Å²) in [6, 6.07) is 0. The smallest absolute Gasteiger partial charge is 0.293 e. The first kappa shape index (κ1) is 15.6. The molecule has 0 radical (unpaired) electrons. The minimum Gasteiger partial charge on any atom is -0.383 e. The summed E-state index contributed by atoms with van der Waals surface area (Å²) in [5.74, 6) is 0.899. The second-order valence-corrected chi connectivity index (χ2v) is 4.48. The van der Waals surface area contributed by atoms with Crippen LogP contribution in [0.3, 0.4) is 0 Å². The molecule has 0 aromatic carbocycles. The quantitative estimate of drug-likeness (QED) is 0.750. The number of rotatable bonds is 8. The van der Waals surface area contributed by atoms with Gasteiger partial charge in [-0.3, -0.25) is 9.89 Å². The Morgan fingerprint density at radius 2 is 1.84 bits per heavy atom. The molecule has 0 saturated carbocycles. The Labute approximate surface area is 113 Å². The number of nitrogens with zero attached hydrogens (tertiary/aromatic N) is 3. The molecule has 0 aliphatic heterocycles. The van der Waals surface area contributed by atoms with Crippen molar-refractivity contribution in [2.75, 3.05) is 40.5 Å². The SMILES string of the molecule is COCCN(CCOC)C(=O)c1n[nH]c(C(C)C)n1. The van der Waals surface area contributed by atoms with E-state index in [1.54, 1.807) is 19.1 Å². The van der Waals surface area contributed by atoms with E-state index in [4.69, 9.17) is 9.47 Å². The van der Waals surface area contributed by atoms with E-state index in [-0.39, 0.29) is 17.6 Å². The van der Waals surface area contributed by atoms with Crippen LogP contribution in [0.2, 0.25) is 0 Å².